The number of nitrogens with one attached hydrogen (secondary N) is 1. The van der Waals surface area contributed by atoms with Crippen molar-refractivity contribution in [2.75, 3.05) is 13.7 Å². The van der Waals surface area contributed by atoms with Gasteiger partial charge in [-0.25, -0.2) is 13.1 Å². The maximum atomic E-state index is 12.6. The van der Waals surface area contributed by atoms with Gasteiger partial charge in [0.1, 0.15) is 5.75 Å². The molecule has 1 aliphatic carbocycles. The highest BCUT2D eigenvalue weighted by atomic mass is 35.5. The van der Waals surface area contributed by atoms with E-state index < -0.39 is 10.0 Å². The number of hydrogen-bond donors (Lipinski definition) is 1. The molecule has 0 aliphatic heterocycles. The van der Waals surface area contributed by atoms with Crippen molar-refractivity contribution >= 4 is 21.6 Å². The summed E-state index contributed by atoms with van der Waals surface area (Å²) in [6.45, 7) is 0.409. The summed E-state index contributed by atoms with van der Waals surface area (Å²) < 4.78 is 33.2. The Balaban J connectivity index is 1.75. The minimum atomic E-state index is -3.46. The molecule has 1 N–H and O–H groups in total. The number of hydrogen-bond acceptors (Lipinski definition) is 3. The number of halogens is 1. The Hall–Kier alpha value is -1.56. The average Bonchev–Trinajstić information content (AvgIpc) is 3.12. The van der Waals surface area contributed by atoms with E-state index in [9.17, 15) is 8.42 Å². The molecule has 0 heterocycles. The third-order valence-corrected chi connectivity index (χ3v) is 6.84. The normalized spacial score (nSPS) is 16.5. The molecule has 0 amide bonds. The van der Waals surface area contributed by atoms with Crippen molar-refractivity contribution in [3.05, 3.63) is 64.7 Å². The third-order valence-electron chi connectivity index (χ3n) is 5.20. The average molecular weight is 394 g/mol. The molecular weight excluding hydrogens is 370 g/mol. The van der Waals surface area contributed by atoms with Gasteiger partial charge in [-0.1, -0.05) is 54.8 Å². The van der Waals surface area contributed by atoms with Crippen molar-refractivity contribution < 1.29 is 13.2 Å². The molecule has 0 saturated heterocycles. The minimum Gasteiger partial charge on any atom is -0.497 e. The van der Waals surface area contributed by atoms with Crippen molar-refractivity contribution in [1.29, 1.82) is 0 Å². The van der Waals surface area contributed by atoms with Crippen molar-refractivity contribution in [1.82, 2.24) is 4.72 Å². The van der Waals surface area contributed by atoms with Gasteiger partial charge >= 0.3 is 0 Å². The number of rotatable bonds is 7. The van der Waals surface area contributed by atoms with Gasteiger partial charge in [0.25, 0.3) is 0 Å². The van der Waals surface area contributed by atoms with Crippen LogP contribution in [0.2, 0.25) is 5.02 Å². The van der Waals surface area contributed by atoms with Crippen LogP contribution in [0.4, 0.5) is 0 Å². The highest BCUT2D eigenvalue weighted by Gasteiger charge is 2.36. The molecule has 26 heavy (non-hydrogen) atoms. The van der Waals surface area contributed by atoms with Crippen LogP contribution in [0, 0.1) is 0 Å². The lowest BCUT2D eigenvalue weighted by Gasteiger charge is -2.30. The zero-order chi connectivity index (χ0) is 18.6. The number of ether oxygens (including phenoxy) is 1. The van der Waals surface area contributed by atoms with Gasteiger partial charge in [-0.3, -0.25) is 0 Å². The van der Waals surface area contributed by atoms with Gasteiger partial charge in [0, 0.05) is 17.0 Å². The Morgan fingerprint density at radius 1 is 1.08 bits per heavy atom. The van der Waals surface area contributed by atoms with Gasteiger partial charge in [0.15, 0.2) is 0 Å². The smallest absolute Gasteiger partial charge is 0.215 e. The van der Waals surface area contributed by atoms with Crippen LogP contribution in [0.3, 0.4) is 0 Å². The molecule has 3 rings (SSSR count). The molecule has 0 bridgehead atoms. The fourth-order valence-electron chi connectivity index (χ4n) is 3.68. The van der Waals surface area contributed by atoms with E-state index in [-0.39, 0.29) is 11.2 Å². The zero-order valence-corrected chi connectivity index (χ0v) is 16.4. The SMILES string of the molecule is COc1ccc(C2(CNS(=O)(=O)Cc3ccccc3Cl)CCCC2)cc1. The second-order valence-corrected chi connectivity index (χ2v) is 9.10. The summed E-state index contributed by atoms with van der Waals surface area (Å²) in [5.41, 5.74) is 1.63. The predicted molar refractivity (Wildman–Crippen MR) is 105 cm³/mol. The molecule has 0 radical (unpaired) electrons. The van der Waals surface area contributed by atoms with Crippen LogP contribution >= 0.6 is 11.6 Å². The Morgan fingerprint density at radius 3 is 2.35 bits per heavy atom. The first-order chi connectivity index (χ1) is 12.4. The summed E-state index contributed by atoms with van der Waals surface area (Å²) in [4.78, 5) is 0. The van der Waals surface area contributed by atoms with E-state index in [4.69, 9.17) is 16.3 Å². The van der Waals surface area contributed by atoms with Gasteiger partial charge in [-0.2, -0.15) is 0 Å². The minimum absolute atomic E-state index is 0.106. The molecule has 0 unspecified atom stereocenters. The fourth-order valence-corrected chi connectivity index (χ4v) is 5.22. The lowest BCUT2D eigenvalue weighted by atomic mass is 9.79. The summed E-state index contributed by atoms with van der Waals surface area (Å²) in [7, 11) is -1.82. The van der Waals surface area contributed by atoms with Gasteiger partial charge < -0.3 is 4.74 Å². The number of sulfonamides is 1. The third kappa shape index (κ3) is 4.40. The summed E-state index contributed by atoms with van der Waals surface area (Å²) in [5, 5.41) is 0.476. The zero-order valence-electron chi connectivity index (χ0n) is 14.9. The van der Waals surface area contributed by atoms with Crippen molar-refractivity contribution in [3.8, 4) is 5.75 Å². The van der Waals surface area contributed by atoms with E-state index in [1.807, 2.05) is 24.3 Å². The van der Waals surface area contributed by atoms with Gasteiger partial charge in [0.2, 0.25) is 10.0 Å². The van der Waals surface area contributed by atoms with E-state index >= 15 is 0 Å². The first-order valence-electron chi connectivity index (χ1n) is 8.79. The molecule has 0 atom stereocenters. The Kier molecular flexibility index (Phi) is 5.90. The molecule has 2 aromatic carbocycles. The number of benzene rings is 2. The van der Waals surface area contributed by atoms with E-state index in [0.29, 0.717) is 17.1 Å². The molecule has 1 saturated carbocycles. The first-order valence-corrected chi connectivity index (χ1v) is 10.8. The van der Waals surface area contributed by atoms with Gasteiger partial charge in [-0.15, -0.1) is 0 Å². The molecule has 0 spiro atoms. The van der Waals surface area contributed by atoms with Crippen LogP contribution in [0.25, 0.3) is 0 Å². The molecular formula is C20H24ClNO3S. The predicted octanol–water partition coefficient (Wildman–Crippen LogP) is 4.28. The Bertz CT molecular complexity index is 844. The summed E-state index contributed by atoms with van der Waals surface area (Å²) in [6.07, 6.45) is 4.18. The van der Waals surface area contributed by atoms with Crippen molar-refractivity contribution in [3.63, 3.8) is 0 Å². The first kappa shape index (κ1) is 19.2. The summed E-state index contributed by atoms with van der Waals surface area (Å²) >= 11 is 6.11. The lowest BCUT2D eigenvalue weighted by Crippen LogP contribution is -2.39. The monoisotopic (exact) mass is 393 g/mol. The van der Waals surface area contributed by atoms with E-state index in [2.05, 4.69) is 4.72 Å². The Morgan fingerprint density at radius 2 is 1.73 bits per heavy atom. The Labute approximate surface area is 160 Å². The molecule has 2 aromatic rings. The molecule has 4 nitrogen and oxygen atoms in total. The summed E-state index contributed by atoms with van der Waals surface area (Å²) in [6, 6.07) is 15.0. The molecule has 0 aromatic heterocycles. The van der Waals surface area contributed by atoms with Crippen LogP contribution in [-0.2, 0) is 21.2 Å². The van der Waals surface area contributed by atoms with Gasteiger partial charge in [0.05, 0.1) is 12.9 Å². The largest absolute Gasteiger partial charge is 0.497 e. The lowest BCUT2D eigenvalue weighted by molar-refractivity contribution is 0.410. The van der Waals surface area contributed by atoms with Crippen LogP contribution in [-0.4, -0.2) is 22.1 Å². The van der Waals surface area contributed by atoms with Crippen molar-refractivity contribution in [2.24, 2.45) is 0 Å². The topological polar surface area (TPSA) is 55.4 Å². The van der Waals surface area contributed by atoms with Crippen LogP contribution in [0.1, 0.15) is 36.8 Å². The van der Waals surface area contributed by atoms with Gasteiger partial charge in [-0.05, 0) is 42.2 Å². The quantitative estimate of drug-likeness (QED) is 0.763. The molecule has 1 fully saturated rings. The maximum Gasteiger partial charge on any atom is 0.215 e. The standard InChI is InChI=1S/C20H24ClNO3S/c1-25-18-10-8-17(9-11-18)20(12-4-5-13-20)15-22-26(23,24)14-16-6-2-3-7-19(16)21/h2-3,6-11,22H,4-5,12-15H2,1H3. The highest BCUT2D eigenvalue weighted by Crippen LogP contribution is 2.41. The second-order valence-electron chi connectivity index (χ2n) is 6.89. The van der Waals surface area contributed by atoms with Crippen LogP contribution < -0.4 is 9.46 Å². The van der Waals surface area contributed by atoms with Crippen LogP contribution in [0.15, 0.2) is 48.5 Å². The van der Waals surface area contributed by atoms with E-state index in [1.54, 1.807) is 31.4 Å². The fraction of sp³-hybridized carbons (Fsp3) is 0.400. The molecule has 1 aliphatic rings. The molecule has 140 valence electrons. The maximum absolute atomic E-state index is 12.6. The highest BCUT2D eigenvalue weighted by molar-refractivity contribution is 7.88. The summed E-state index contributed by atoms with van der Waals surface area (Å²) in [5.74, 6) is 0.701. The van der Waals surface area contributed by atoms with E-state index in [0.717, 1.165) is 37.0 Å². The number of methoxy groups -OCH3 is 1. The van der Waals surface area contributed by atoms with Crippen molar-refractivity contribution in [2.45, 2.75) is 36.9 Å². The molecule has 6 heteroatoms. The van der Waals surface area contributed by atoms with Crippen LogP contribution in [0.5, 0.6) is 5.75 Å². The second kappa shape index (κ2) is 7.99. The van der Waals surface area contributed by atoms with E-state index in [1.165, 1.54) is 0 Å².